The molecule has 1 aromatic heterocycles. The maximum Gasteiger partial charge on any atom is 0.260 e. The highest BCUT2D eigenvalue weighted by atomic mass is 16.5. The predicted octanol–water partition coefficient (Wildman–Crippen LogP) is 1.84. The summed E-state index contributed by atoms with van der Waals surface area (Å²) in [6.45, 7) is 6.43. The number of amides is 1. The summed E-state index contributed by atoms with van der Waals surface area (Å²) < 4.78 is 7.45. The molecule has 1 amide bonds. The Kier molecular flexibility index (Phi) is 5.71. The maximum absolute atomic E-state index is 12.4. The van der Waals surface area contributed by atoms with Crippen molar-refractivity contribution in [2.45, 2.75) is 19.9 Å². The Labute approximate surface area is 149 Å². The zero-order valence-electron chi connectivity index (χ0n) is 15.0. The van der Waals surface area contributed by atoms with Crippen LogP contribution in [0.5, 0.6) is 5.75 Å². The molecule has 2 aromatic rings. The van der Waals surface area contributed by atoms with Gasteiger partial charge in [-0.05, 0) is 25.5 Å². The number of benzene rings is 1. The standard InChI is InChI=1S/C19H26N4O2/c1-16-4-6-18(7-5-16)25-15-19(24)23-9-3-8-22(10-11-23)14-17-12-20-21(2)13-17/h4-7,12-13H,3,8-11,14-15H2,1-2H3. The Morgan fingerprint density at radius 1 is 1.16 bits per heavy atom. The summed E-state index contributed by atoms with van der Waals surface area (Å²) in [5, 5.41) is 4.22. The van der Waals surface area contributed by atoms with Crippen molar-refractivity contribution in [2.75, 3.05) is 32.8 Å². The van der Waals surface area contributed by atoms with Crippen LogP contribution in [-0.2, 0) is 18.4 Å². The average Bonchev–Trinajstić information content (AvgIpc) is 2.87. The van der Waals surface area contributed by atoms with Gasteiger partial charge in [-0.3, -0.25) is 14.4 Å². The largest absolute Gasteiger partial charge is 0.484 e. The lowest BCUT2D eigenvalue weighted by Gasteiger charge is -2.21. The molecule has 2 heterocycles. The van der Waals surface area contributed by atoms with Gasteiger partial charge in [-0.15, -0.1) is 0 Å². The first-order valence-electron chi connectivity index (χ1n) is 8.77. The highest BCUT2D eigenvalue weighted by Crippen LogP contribution is 2.12. The first kappa shape index (κ1) is 17.5. The van der Waals surface area contributed by atoms with Gasteiger partial charge in [-0.2, -0.15) is 5.10 Å². The normalized spacial score (nSPS) is 15.8. The van der Waals surface area contributed by atoms with Crippen molar-refractivity contribution in [3.05, 3.63) is 47.8 Å². The van der Waals surface area contributed by atoms with Crippen molar-refractivity contribution in [3.8, 4) is 5.75 Å². The third-order valence-corrected chi connectivity index (χ3v) is 4.49. The Hall–Kier alpha value is -2.34. The van der Waals surface area contributed by atoms with Crippen LogP contribution in [0.1, 0.15) is 17.5 Å². The lowest BCUT2D eigenvalue weighted by molar-refractivity contribution is -0.133. The zero-order valence-corrected chi connectivity index (χ0v) is 15.0. The average molecular weight is 342 g/mol. The van der Waals surface area contributed by atoms with Crippen molar-refractivity contribution < 1.29 is 9.53 Å². The van der Waals surface area contributed by atoms with Crippen LogP contribution in [0.2, 0.25) is 0 Å². The van der Waals surface area contributed by atoms with E-state index in [9.17, 15) is 4.79 Å². The molecule has 1 fully saturated rings. The third-order valence-electron chi connectivity index (χ3n) is 4.49. The summed E-state index contributed by atoms with van der Waals surface area (Å²) in [5.41, 5.74) is 2.39. The molecular weight excluding hydrogens is 316 g/mol. The monoisotopic (exact) mass is 342 g/mol. The number of nitrogens with zero attached hydrogens (tertiary/aromatic N) is 4. The molecule has 3 rings (SSSR count). The van der Waals surface area contributed by atoms with Crippen molar-refractivity contribution in [2.24, 2.45) is 7.05 Å². The summed E-state index contributed by atoms with van der Waals surface area (Å²) in [6.07, 6.45) is 4.93. The Morgan fingerprint density at radius 2 is 1.96 bits per heavy atom. The predicted molar refractivity (Wildman–Crippen MR) is 96.4 cm³/mol. The van der Waals surface area contributed by atoms with E-state index in [1.54, 1.807) is 0 Å². The second-order valence-corrected chi connectivity index (χ2v) is 6.63. The minimum atomic E-state index is 0.0591. The summed E-state index contributed by atoms with van der Waals surface area (Å²) in [7, 11) is 1.93. The number of carbonyl (C=O) groups excluding carboxylic acids is 1. The van der Waals surface area contributed by atoms with Crippen LogP contribution >= 0.6 is 0 Å². The van der Waals surface area contributed by atoms with Crippen LogP contribution < -0.4 is 4.74 Å². The molecule has 0 aliphatic carbocycles. The lowest BCUT2D eigenvalue weighted by atomic mass is 10.2. The Morgan fingerprint density at radius 3 is 2.68 bits per heavy atom. The van der Waals surface area contributed by atoms with E-state index in [0.29, 0.717) is 0 Å². The number of hydrogen-bond acceptors (Lipinski definition) is 4. The van der Waals surface area contributed by atoms with Crippen molar-refractivity contribution in [1.29, 1.82) is 0 Å². The van der Waals surface area contributed by atoms with Crippen LogP contribution in [0.3, 0.4) is 0 Å². The lowest BCUT2D eigenvalue weighted by Crippen LogP contribution is -2.38. The van der Waals surface area contributed by atoms with Gasteiger partial charge in [0.15, 0.2) is 6.61 Å². The van der Waals surface area contributed by atoms with Gasteiger partial charge in [0, 0.05) is 51.5 Å². The number of aromatic nitrogens is 2. The topological polar surface area (TPSA) is 50.6 Å². The molecule has 134 valence electrons. The van der Waals surface area contributed by atoms with Gasteiger partial charge in [0.05, 0.1) is 6.20 Å². The van der Waals surface area contributed by atoms with Crippen molar-refractivity contribution in [3.63, 3.8) is 0 Å². The molecule has 6 nitrogen and oxygen atoms in total. The van der Waals surface area contributed by atoms with Gasteiger partial charge in [0.2, 0.25) is 0 Å². The van der Waals surface area contributed by atoms with Crippen LogP contribution in [0.25, 0.3) is 0 Å². The van der Waals surface area contributed by atoms with E-state index in [1.165, 1.54) is 11.1 Å². The first-order chi connectivity index (χ1) is 12.1. The molecule has 6 heteroatoms. The minimum Gasteiger partial charge on any atom is -0.484 e. The van der Waals surface area contributed by atoms with Crippen LogP contribution in [-0.4, -0.2) is 58.3 Å². The van der Waals surface area contributed by atoms with Gasteiger partial charge in [-0.1, -0.05) is 17.7 Å². The molecule has 25 heavy (non-hydrogen) atoms. The molecule has 0 N–H and O–H groups in total. The molecule has 0 atom stereocenters. The molecular formula is C19H26N4O2. The van der Waals surface area contributed by atoms with Gasteiger partial charge >= 0.3 is 0 Å². The van der Waals surface area contributed by atoms with Crippen molar-refractivity contribution in [1.82, 2.24) is 19.6 Å². The molecule has 1 aliphatic rings. The van der Waals surface area contributed by atoms with Crippen LogP contribution in [0.15, 0.2) is 36.7 Å². The van der Waals surface area contributed by atoms with Gasteiger partial charge in [0.25, 0.3) is 5.91 Å². The fourth-order valence-electron chi connectivity index (χ4n) is 3.06. The van der Waals surface area contributed by atoms with E-state index >= 15 is 0 Å². The van der Waals surface area contributed by atoms with E-state index in [2.05, 4.69) is 10.00 Å². The molecule has 0 unspecified atom stereocenters. The van der Waals surface area contributed by atoms with E-state index < -0.39 is 0 Å². The summed E-state index contributed by atoms with van der Waals surface area (Å²) in [6, 6.07) is 7.78. The summed E-state index contributed by atoms with van der Waals surface area (Å²) in [5.74, 6) is 0.802. The number of hydrogen-bond donors (Lipinski definition) is 0. The zero-order chi connectivity index (χ0) is 17.6. The third kappa shape index (κ3) is 5.06. The second kappa shape index (κ2) is 8.16. The summed E-state index contributed by atoms with van der Waals surface area (Å²) in [4.78, 5) is 16.7. The highest BCUT2D eigenvalue weighted by molar-refractivity contribution is 5.77. The van der Waals surface area contributed by atoms with Gasteiger partial charge in [0.1, 0.15) is 5.75 Å². The SMILES string of the molecule is Cc1ccc(OCC(=O)N2CCCN(Cc3cnn(C)c3)CC2)cc1. The number of ether oxygens (including phenoxy) is 1. The first-order valence-corrected chi connectivity index (χ1v) is 8.77. The number of carbonyl (C=O) groups is 1. The molecule has 1 aliphatic heterocycles. The van der Waals surface area contributed by atoms with Crippen LogP contribution in [0, 0.1) is 6.92 Å². The molecule has 1 saturated heterocycles. The smallest absolute Gasteiger partial charge is 0.260 e. The fraction of sp³-hybridized carbons (Fsp3) is 0.474. The van der Waals surface area contributed by atoms with Gasteiger partial charge in [-0.25, -0.2) is 0 Å². The molecule has 0 saturated carbocycles. The Bertz CT molecular complexity index is 696. The molecule has 0 bridgehead atoms. The minimum absolute atomic E-state index is 0.0591. The quantitative estimate of drug-likeness (QED) is 0.832. The van der Waals surface area contributed by atoms with Crippen molar-refractivity contribution >= 4 is 5.91 Å². The second-order valence-electron chi connectivity index (χ2n) is 6.63. The maximum atomic E-state index is 12.4. The Balaban J connectivity index is 1.46. The van der Waals surface area contributed by atoms with E-state index in [0.717, 1.165) is 44.9 Å². The van der Waals surface area contributed by atoms with Crippen LogP contribution in [0.4, 0.5) is 0 Å². The van der Waals surface area contributed by atoms with E-state index in [4.69, 9.17) is 4.74 Å². The molecule has 0 spiro atoms. The number of rotatable bonds is 5. The number of aryl methyl sites for hydroxylation is 2. The van der Waals surface area contributed by atoms with E-state index in [-0.39, 0.29) is 12.5 Å². The highest BCUT2D eigenvalue weighted by Gasteiger charge is 2.19. The fourth-order valence-corrected chi connectivity index (χ4v) is 3.06. The van der Waals surface area contributed by atoms with E-state index in [1.807, 2.05) is 60.2 Å². The summed E-state index contributed by atoms with van der Waals surface area (Å²) >= 11 is 0. The van der Waals surface area contributed by atoms with Gasteiger partial charge < -0.3 is 9.64 Å². The molecule has 0 radical (unpaired) electrons. The molecule has 1 aromatic carbocycles.